The smallest absolute Gasteiger partial charge is 0 e. The molecule has 4 aromatic rings. The van der Waals surface area contributed by atoms with E-state index in [0.717, 1.165) is 25.7 Å². The van der Waals surface area contributed by atoms with Crippen molar-refractivity contribution >= 4 is 0 Å². The Morgan fingerprint density at radius 3 is 2.17 bits per heavy atom. The number of hydrogen-bond donors (Lipinski definition) is 0. The van der Waals surface area contributed by atoms with Crippen LogP contribution in [0.5, 0.6) is 0 Å². The summed E-state index contributed by atoms with van der Waals surface area (Å²) < 4.78 is 0. The molecule has 1 aliphatic carbocycles. The summed E-state index contributed by atoms with van der Waals surface area (Å²) in [5.74, 6) is 0.968. The molecule has 1 aliphatic rings. The molecule has 0 aliphatic heterocycles. The number of rotatable bonds is 2. The van der Waals surface area contributed by atoms with E-state index in [9.17, 15) is 0 Å². The predicted octanol–water partition coefficient (Wildman–Crippen LogP) is 6.96. The minimum absolute atomic E-state index is 0. The summed E-state index contributed by atoms with van der Waals surface area (Å²) in [6.45, 7) is 0. The Bertz CT molecular complexity index is 937. The minimum Gasteiger partial charge on any atom is -0.745 e. The summed E-state index contributed by atoms with van der Waals surface area (Å²) in [6.07, 6.45) is 4.57. The molecular weight excluding hydrogens is 392 g/mol. The topological polar surface area (TPSA) is 0 Å². The second kappa shape index (κ2) is 8.99. The van der Waals surface area contributed by atoms with Gasteiger partial charge in [0.25, 0.3) is 0 Å². The van der Waals surface area contributed by atoms with Crippen LogP contribution in [0.4, 0.5) is 0 Å². The molecule has 0 fully saturated rings. The van der Waals surface area contributed by atoms with E-state index in [1.165, 1.54) is 33.4 Å². The summed E-state index contributed by atoms with van der Waals surface area (Å²) in [5.41, 5.74) is 8.78. The van der Waals surface area contributed by atoms with E-state index < -0.39 is 0 Å². The van der Waals surface area contributed by atoms with Crippen LogP contribution < -0.4 is 0 Å². The van der Waals surface area contributed by atoms with Crippen molar-refractivity contribution in [2.45, 2.75) is 37.5 Å². The third-order valence-electron chi connectivity index (χ3n) is 6.34. The maximum Gasteiger partial charge on any atom is 0 e. The van der Waals surface area contributed by atoms with Crippen molar-refractivity contribution in [3.05, 3.63) is 130 Å². The summed E-state index contributed by atoms with van der Waals surface area (Å²) in [6, 6.07) is 36.3. The van der Waals surface area contributed by atoms with Gasteiger partial charge in [-0.25, -0.2) is 12.5 Å². The predicted molar refractivity (Wildman–Crippen MR) is 117 cm³/mol. The van der Waals surface area contributed by atoms with E-state index in [1.807, 2.05) is 0 Å². The molecule has 0 spiro atoms. The fraction of sp³-hybridized carbons (Fsp3) is 0.214. The van der Waals surface area contributed by atoms with Crippen LogP contribution in [0.1, 0.15) is 58.1 Å². The monoisotopic (exact) mass is 418 g/mol. The van der Waals surface area contributed by atoms with E-state index in [2.05, 4.69) is 97.1 Å². The van der Waals surface area contributed by atoms with Gasteiger partial charge in [-0.3, -0.25) is 0 Å². The van der Waals surface area contributed by atoms with E-state index in [1.54, 1.807) is 0 Å². The number of benzene rings is 2. The molecule has 2 atom stereocenters. The van der Waals surface area contributed by atoms with Crippen molar-refractivity contribution in [1.29, 1.82) is 0 Å². The molecule has 0 radical (unpaired) electrons. The second-order valence-corrected chi connectivity index (χ2v) is 8.11. The molecule has 5 rings (SSSR count). The quantitative estimate of drug-likeness (QED) is 0.244. The van der Waals surface area contributed by atoms with E-state index in [-0.39, 0.29) is 17.1 Å². The molecule has 4 aromatic carbocycles. The molecule has 2 unspecified atom stereocenters. The molecule has 0 amide bonds. The molecule has 0 nitrogen and oxygen atoms in total. The zero-order valence-electron chi connectivity index (χ0n) is 16.6. The van der Waals surface area contributed by atoms with Crippen LogP contribution in [-0.2, 0) is 29.9 Å². The molecule has 0 N–H and O–H groups in total. The van der Waals surface area contributed by atoms with Crippen LogP contribution >= 0.6 is 0 Å². The number of hydrogen-bond acceptors (Lipinski definition) is 0. The zero-order valence-corrected chi connectivity index (χ0v) is 17.7. The minimum atomic E-state index is 0. The van der Waals surface area contributed by atoms with Gasteiger partial charge >= 0.3 is 0 Å². The molecule has 0 saturated carbocycles. The van der Waals surface area contributed by atoms with Gasteiger partial charge in [-0.1, -0.05) is 91.1 Å². The van der Waals surface area contributed by atoms with Crippen molar-refractivity contribution < 1.29 is 17.1 Å². The number of aryl methyl sites for hydroxylation is 2. The third-order valence-corrected chi connectivity index (χ3v) is 6.34. The van der Waals surface area contributed by atoms with Crippen LogP contribution in [-0.4, -0.2) is 0 Å². The maximum absolute atomic E-state index is 2.45. The van der Waals surface area contributed by atoms with Crippen molar-refractivity contribution in [2.75, 3.05) is 0 Å². The Kier molecular flexibility index (Phi) is 6.19. The van der Waals surface area contributed by atoms with Gasteiger partial charge in [0, 0.05) is 17.1 Å². The molecular formula is C28H26Fe-6. The first-order chi connectivity index (χ1) is 13.9. The standard InChI is InChI=1S/C28H26.Fe/c1-3-7-23(8-4-1)27-17-13-21-12-16-26(20-21)28(24-9-5-2-6-10-24)18-14-22-11-15-25(27)19-22;/h1-12,15-16,19-20,27-28H,13-14,17-18H2;/q-6;. The summed E-state index contributed by atoms with van der Waals surface area (Å²) in [4.78, 5) is 0. The summed E-state index contributed by atoms with van der Waals surface area (Å²) >= 11 is 0. The van der Waals surface area contributed by atoms with E-state index in [0.29, 0.717) is 11.8 Å². The Labute approximate surface area is 184 Å². The normalized spacial score (nSPS) is 18.9. The van der Waals surface area contributed by atoms with E-state index in [4.69, 9.17) is 0 Å². The SMILES string of the molecule is [Fe].c1ccc(C2CC[c-]3[cH-][cH-][c-]([cH-]3)C(c3ccccc3)CCc3cc[c-]2c3)cc1. The average molecular weight is 418 g/mol. The van der Waals surface area contributed by atoms with Crippen molar-refractivity contribution in [3.63, 3.8) is 0 Å². The Morgan fingerprint density at radius 1 is 0.759 bits per heavy atom. The largest absolute Gasteiger partial charge is 0.745 e. The van der Waals surface area contributed by atoms with Crippen molar-refractivity contribution in [1.82, 2.24) is 0 Å². The third kappa shape index (κ3) is 4.32. The van der Waals surface area contributed by atoms with Crippen LogP contribution in [0.15, 0.2) is 97.1 Å². The summed E-state index contributed by atoms with van der Waals surface area (Å²) in [5, 5.41) is 0. The fourth-order valence-electron chi connectivity index (χ4n) is 4.82. The Balaban J connectivity index is 0.00000205. The van der Waals surface area contributed by atoms with Gasteiger partial charge in [0.05, 0.1) is 0 Å². The van der Waals surface area contributed by atoms with Gasteiger partial charge in [0.1, 0.15) is 0 Å². The van der Waals surface area contributed by atoms with Crippen LogP contribution in [0.2, 0.25) is 0 Å². The van der Waals surface area contributed by atoms with Crippen molar-refractivity contribution in [2.24, 2.45) is 0 Å². The first-order valence-corrected chi connectivity index (χ1v) is 10.5. The van der Waals surface area contributed by atoms with Gasteiger partial charge in [0.2, 0.25) is 0 Å². The molecule has 0 heterocycles. The molecule has 29 heavy (non-hydrogen) atoms. The first kappa shape index (κ1) is 20.0. The fourth-order valence-corrected chi connectivity index (χ4v) is 4.82. The van der Waals surface area contributed by atoms with Crippen molar-refractivity contribution in [3.8, 4) is 0 Å². The van der Waals surface area contributed by atoms with Gasteiger partial charge in [-0.2, -0.15) is 23.6 Å². The molecule has 1 heteroatoms. The van der Waals surface area contributed by atoms with Crippen LogP contribution in [0.3, 0.4) is 0 Å². The average Bonchev–Trinajstić information content (AvgIpc) is 3.40. The van der Waals surface area contributed by atoms with Crippen LogP contribution in [0.25, 0.3) is 0 Å². The summed E-state index contributed by atoms with van der Waals surface area (Å²) in [7, 11) is 0. The van der Waals surface area contributed by atoms with Crippen LogP contribution in [0, 0.1) is 0 Å². The zero-order chi connectivity index (χ0) is 18.8. The maximum atomic E-state index is 2.45. The van der Waals surface area contributed by atoms with Gasteiger partial charge < -0.3 is 29.3 Å². The van der Waals surface area contributed by atoms with E-state index >= 15 is 0 Å². The molecule has 0 aromatic heterocycles. The van der Waals surface area contributed by atoms with Gasteiger partial charge in [-0.15, -0.1) is 5.56 Å². The molecule has 152 valence electrons. The first-order valence-electron chi connectivity index (χ1n) is 10.5. The van der Waals surface area contributed by atoms with Gasteiger partial charge in [0.15, 0.2) is 0 Å². The molecule has 4 bridgehead atoms. The Hall–Kier alpha value is -2.34. The molecule has 0 saturated heterocycles. The number of fused-ring (bicyclic) bond motifs is 4. The van der Waals surface area contributed by atoms with Gasteiger partial charge in [-0.05, 0) is 5.92 Å². The second-order valence-electron chi connectivity index (χ2n) is 8.11. The Morgan fingerprint density at radius 2 is 1.45 bits per heavy atom.